The molecule has 2 amide bonds. The van der Waals surface area contributed by atoms with Crippen molar-refractivity contribution in [3.63, 3.8) is 0 Å². The van der Waals surface area contributed by atoms with E-state index in [9.17, 15) is 4.79 Å². The van der Waals surface area contributed by atoms with E-state index in [-0.39, 0.29) is 0 Å². The van der Waals surface area contributed by atoms with Crippen molar-refractivity contribution in [1.82, 2.24) is 0 Å². The third-order valence-corrected chi connectivity index (χ3v) is 3.57. The van der Waals surface area contributed by atoms with Crippen LogP contribution >= 0.6 is 0 Å². The van der Waals surface area contributed by atoms with Gasteiger partial charge in [-0.2, -0.15) is 0 Å². The second-order valence-corrected chi connectivity index (χ2v) is 5.29. The fraction of sp³-hybridized carbons (Fsp3) is 0.235. The Balaban J connectivity index is 2.09. The first kappa shape index (κ1) is 14.9. The summed E-state index contributed by atoms with van der Waals surface area (Å²) in [6.45, 7) is 7.11. The van der Waals surface area contributed by atoms with Crippen LogP contribution in [0.5, 0.6) is 0 Å². The van der Waals surface area contributed by atoms with Crippen LogP contribution in [0.25, 0.3) is 0 Å². The van der Waals surface area contributed by atoms with Gasteiger partial charge in [-0.05, 0) is 61.2 Å². The normalized spacial score (nSPS) is 10.2. The largest absolute Gasteiger partial charge is 0.381 e. The van der Waals surface area contributed by atoms with E-state index in [0.717, 1.165) is 12.2 Å². The summed E-state index contributed by atoms with van der Waals surface area (Å²) in [5.41, 5.74) is 11.9. The van der Waals surface area contributed by atoms with Crippen molar-refractivity contribution in [2.75, 3.05) is 10.6 Å². The molecule has 0 aliphatic carbocycles. The van der Waals surface area contributed by atoms with E-state index in [1.807, 2.05) is 18.2 Å². The van der Waals surface area contributed by atoms with Crippen LogP contribution in [0.3, 0.4) is 0 Å². The van der Waals surface area contributed by atoms with Crippen molar-refractivity contribution in [2.24, 2.45) is 5.73 Å². The predicted molar refractivity (Wildman–Crippen MR) is 87.6 cm³/mol. The second kappa shape index (κ2) is 6.31. The minimum Gasteiger partial charge on any atom is -0.381 e. The summed E-state index contributed by atoms with van der Waals surface area (Å²) in [5, 5.41) is 5.94. The number of hydrogen-bond donors (Lipinski definition) is 3. The lowest BCUT2D eigenvalue weighted by molar-refractivity contribution is 0.259. The Bertz CT molecular complexity index is 665. The maximum atomic E-state index is 10.9. The summed E-state index contributed by atoms with van der Waals surface area (Å²) < 4.78 is 0. The molecule has 4 N–H and O–H groups in total. The molecular formula is C17H21N3O. The Morgan fingerprint density at radius 1 is 1.00 bits per heavy atom. The van der Waals surface area contributed by atoms with Gasteiger partial charge >= 0.3 is 6.03 Å². The zero-order valence-electron chi connectivity index (χ0n) is 12.7. The average Bonchev–Trinajstić information content (AvgIpc) is 2.41. The summed E-state index contributed by atoms with van der Waals surface area (Å²) in [6.07, 6.45) is 0. The summed E-state index contributed by atoms with van der Waals surface area (Å²) in [5.74, 6) is 0. The maximum absolute atomic E-state index is 10.9. The number of nitrogens with two attached hydrogens (primary N) is 1. The summed E-state index contributed by atoms with van der Waals surface area (Å²) >= 11 is 0. The summed E-state index contributed by atoms with van der Waals surface area (Å²) in [6, 6.07) is 11.4. The number of rotatable bonds is 4. The smallest absolute Gasteiger partial charge is 0.316 e. The summed E-state index contributed by atoms with van der Waals surface area (Å²) in [4.78, 5) is 10.9. The quantitative estimate of drug-likeness (QED) is 0.800. The highest BCUT2D eigenvalue weighted by atomic mass is 16.2. The van der Waals surface area contributed by atoms with Crippen molar-refractivity contribution >= 4 is 17.4 Å². The molecule has 0 atom stereocenters. The van der Waals surface area contributed by atoms with Crippen LogP contribution in [-0.2, 0) is 6.54 Å². The van der Waals surface area contributed by atoms with Crippen LogP contribution in [0.15, 0.2) is 36.4 Å². The Morgan fingerprint density at radius 3 is 2.38 bits per heavy atom. The average molecular weight is 283 g/mol. The second-order valence-electron chi connectivity index (χ2n) is 5.29. The molecule has 4 heteroatoms. The topological polar surface area (TPSA) is 67.2 Å². The Morgan fingerprint density at radius 2 is 1.67 bits per heavy atom. The highest BCUT2D eigenvalue weighted by Crippen LogP contribution is 2.19. The molecule has 2 aromatic carbocycles. The lowest BCUT2D eigenvalue weighted by Gasteiger charge is -2.12. The first-order chi connectivity index (χ1) is 9.95. The molecule has 0 bridgehead atoms. The zero-order chi connectivity index (χ0) is 15.4. The van der Waals surface area contributed by atoms with Gasteiger partial charge in [0.2, 0.25) is 0 Å². The molecule has 0 spiro atoms. The third-order valence-electron chi connectivity index (χ3n) is 3.57. The third kappa shape index (κ3) is 3.99. The molecule has 0 saturated heterocycles. The molecule has 0 heterocycles. The molecule has 21 heavy (non-hydrogen) atoms. The molecule has 0 unspecified atom stereocenters. The number of aryl methyl sites for hydroxylation is 3. The van der Waals surface area contributed by atoms with Crippen molar-refractivity contribution in [3.8, 4) is 0 Å². The van der Waals surface area contributed by atoms with E-state index in [4.69, 9.17) is 5.73 Å². The number of anilines is 2. The first-order valence-corrected chi connectivity index (χ1v) is 6.93. The molecule has 0 radical (unpaired) electrons. The van der Waals surface area contributed by atoms with E-state index >= 15 is 0 Å². The molecule has 110 valence electrons. The molecule has 0 aromatic heterocycles. The van der Waals surface area contributed by atoms with E-state index in [1.165, 1.54) is 22.3 Å². The lowest BCUT2D eigenvalue weighted by atomic mass is 10.0. The summed E-state index contributed by atoms with van der Waals surface area (Å²) in [7, 11) is 0. The van der Waals surface area contributed by atoms with Crippen LogP contribution in [0.1, 0.15) is 22.3 Å². The fourth-order valence-electron chi connectivity index (χ4n) is 2.26. The SMILES string of the molecule is Cc1cc(C)c(CNc2cccc(NC(N)=O)c2)cc1C. The number of carbonyl (C=O) groups is 1. The Labute approximate surface area is 125 Å². The number of amides is 2. The number of urea groups is 1. The Kier molecular flexibility index (Phi) is 4.48. The minimum absolute atomic E-state index is 0.558. The minimum atomic E-state index is -0.558. The van der Waals surface area contributed by atoms with Gasteiger partial charge < -0.3 is 16.4 Å². The van der Waals surface area contributed by atoms with Gasteiger partial charge in [0.05, 0.1) is 0 Å². The van der Waals surface area contributed by atoms with Crippen LogP contribution in [0, 0.1) is 20.8 Å². The number of hydrogen-bond acceptors (Lipinski definition) is 2. The van der Waals surface area contributed by atoms with Crippen molar-refractivity contribution < 1.29 is 4.79 Å². The maximum Gasteiger partial charge on any atom is 0.316 e. The van der Waals surface area contributed by atoms with E-state index in [2.05, 4.69) is 43.5 Å². The molecule has 0 saturated carbocycles. The highest BCUT2D eigenvalue weighted by molar-refractivity contribution is 5.88. The van der Waals surface area contributed by atoms with Crippen LogP contribution in [0.4, 0.5) is 16.2 Å². The highest BCUT2D eigenvalue weighted by Gasteiger charge is 2.03. The number of nitrogens with one attached hydrogen (secondary N) is 2. The standard InChI is InChI=1S/C17H21N3O/c1-11-7-13(3)14(8-12(11)2)10-19-15-5-4-6-16(9-15)20-17(18)21/h4-9,19H,10H2,1-3H3,(H3,18,20,21). The Hall–Kier alpha value is -2.49. The van der Waals surface area contributed by atoms with E-state index < -0.39 is 6.03 Å². The monoisotopic (exact) mass is 283 g/mol. The van der Waals surface area contributed by atoms with Crippen molar-refractivity contribution in [1.29, 1.82) is 0 Å². The molecule has 2 aromatic rings. The van der Waals surface area contributed by atoms with Gasteiger partial charge in [0, 0.05) is 17.9 Å². The number of carbonyl (C=O) groups excluding carboxylic acids is 1. The molecule has 2 rings (SSSR count). The zero-order valence-corrected chi connectivity index (χ0v) is 12.7. The lowest BCUT2D eigenvalue weighted by Crippen LogP contribution is -2.19. The van der Waals surface area contributed by atoms with Gasteiger partial charge in [-0.15, -0.1) is 0 Å². The first-order valence-electron chi connectivity index (χ1n) is 6.93. The van der Waals surface area contributed by atoms with Gasteiger partial charge in [-0.25, -0.2) is 4.79 Å². The van der Waals surface area contributed by atoms with Crippen LogP contribution < -0.4 is 16.4 Å². The van der Waals surface area contributed by atoms with Gasteiger partial charge in [-0.3, -0.25) is 0 Å². The van der Waals surface area contributed by atoms with E-state index in [1.54, 1.807) is 6.07 Å². The number of primary amides is 1. The molecule has 0 aliphatic rings. The van der Waals surface area contributed by atoms with Gasteiger partial charge in [0.25, 0.3) is 0 Å². The van der Waals surface area contributed by atoms with Gasteiger partial charge in [0.15, 0.2) is 0 Å². The number of benzene rings is 2. The van der Waals surface area contributed by atoms with Crippen LogP contribution in [-0.4, -0.2) is 6.03 Å². The molecule has 4 nitrogen and oxygen atoms in total. The van der Waals surface area contributed by atoms with Gasteiger partial charge in [0.1, 0.15) is 0 Å². The molecule has 0 fully saturated rings. The molecule has 0 aliphatic heterocycles. The van der Waals surface area contributed by atoms with Crippen LogP contribution in [0.2, 0.25) is 0 Å². The molecular weight excluding hydrogens is 262 g/mol. The fourth-order valence-corrected chi connectivity index (χ4v) is 2.26. The van der Waals surface area contributed by atoms with Crippen molar-refractivity contribution in [2.45, 2.75) is 27.3 Å². The predicted octanol–water partition coefficient (Wildman–Crippen LogP) is 3.71. The van der Waals surface area contributed by atoms with E-state index in [0.29, 0.717) is 5.69 Å². The van der Waals surface area contributed by atoms with Crippen molar-refractivity contribution in [3.05, 3.63) is 58.7 Å². The van der Waals surface area contributed by atoms with Gasteiger partial charge in [-0.1, -0.05) is 18.2 Å².